The normalized spacial score (nSPS) is 10.2. The Labute approximate surface area is 90.7 Å². The summed E-state index contributed by atoms with van der Waals surface area (Å²) in [7, 11) is 0. The van der Waals surface area contributed by atoms with Crippen LogP contribution in [0.4, 0.5) is 0 Å². The fourth-order valence-electron chi connectivity index (χ4n) is 1.16. The van der Waals surface area contributed by atoms with Crippen LogP contribution >= 0.6 is 11.6 Å². The number of aromatic nitrogens is 1. The van der Waals surface area contributed by atoms with Gasteiger partial charge in [0, 0.05) is 5.56 Å². The Hall–Kier alpha value is -1.81. The maximum atomic E-state index is 10.9. The highest BCUT2D eigenvalue weighted by Crippen LogP contribution is 2.24. The number of carbonyl (C=O) groups excluding carboxylic acids is 1. The first-order valence-electron chi connectivity index (χ1n) is 4.20. The fraction of sp³-hybridized carbons (Fsp3) is 0. The van der Waals surface area contributed by atoms with E-state index in [1.807, 2.05) is 18.2 Å². The maximum absolute atomic E-state index is 10.9. The van der Waals surface area contributed by atoms with Crippen LogP contribution in [0.3, 0.4) is 0 Å². The lowest BCUT2D eigenvalue weighted by atomic mass is 10.2. The molecule has 0 fully saturated rings. The molecule has 0 aliphatic heterocycles. The van der Waals surface area contributed by atoms with Crippen molar-refractivity contribution in [1.29, 1.82) is 0 Å². The van der Waals surface area contributed by atoms with E-state index in [9.17, 15) is 4.79 Å². The van der Waals surface area contributed by atoms with Crippen LogP contribution in [0.15, 0.2) is 34.7 Å². The number of carbonyl (C=O) groups is 1. The summed E-state index contributed by atoms with van der Waals surface area (Å²) >= 11 is 5.66. The maximum Gasteiger partial charge on any atom is 0.272 e. The molecule has 0 radical (unpaired) electrons. The number of primary amides is 1. The first-order valence-corrected chi connectivity index (χ1v) is 4.58. The van der Waals surface area contributed by atoms with Gasteiger partial charge >= 0.3 is 0 Å². The van der Waals surface area contributed by atoms with Crippen molar-refractivity contribution >= 4 is 17.5 Å². The van der Waals surface area contributed by atoms with Gasteiger partial charge in [-0.25, -0.2) is 4.98 Å². The molecule has 5 heteroatoms. The van der Waals surface area contributed by atoms with E-state index in [-0.39, 0.29) is 16.8 Å². The van der Waals surface area contributed by atoms with Crippen molar-refractivity contribution in [2.45, 2.75) is 0 Å². The molecule has 0 bridgehead atoms. The quantitative estimate of drug-likeness (QED) is 0.846. The number of oxazole rings is 1. The van der Waals surface area contributed by atoms with Gasteiger partial charge in [-0.1, -0.05) is 18.2 Å². The lowest BCUT2D eigenvalue weighted by Gasteiger charge is -1.91. The van der Waals surface area contributed by atoms with Gasteiger partial charge in [-0.15, -0.1) is 0 Å². The third-order valence-electron chi connectivity index (χ3n) is 1.84. The lowest BCUT2D eigenvalue weighted by molar-refractivity contribution is 0.0996. The largest absolute Gasteiger partial charge is 0.424 e. The van der Waals surface area contributed by atoms with Crippen LogP contribution in [0.25, 0.3) is 11.5 Å². The molecule has 1 aromatic heterocycles. The molecule has 2 rings (SSSR count). The molecule has 0 aliphatic carbocycles. The van der Waals surface area contributed by atoms with Gasteiger partial charge in [-0.05, 0) is 23.7 Å². The smallest absolute Gasteiger partial charge is 0.272 e. The van der Waals surface area contributed by atoms with E-state index in [0.717, 1.165) is 5.56 Å². The molecule has 76 valence electrons. The van der Waals surface area contributed by atoms with Gasteiger partial charge < -0.3 is 10.2 Å². The van der Waals surface area contributed by atoms with Gasteiger partial charge in [-0.3, -0.25) is 4.79 Å². The predicted octanol–water partition coefficient (Wildman–Crippen LogP) is 2.09. The Morgan fingerprint density at radius 2 is 2.00 bits per heavy atom. The number of halogens is 1. The minimum atomic E-state index is -0.703. The van der Waals surface area contributed by atoms with Gasteiger partial charge in [0.1, 0.15) is 0 Å². The molecule has 0 aliphatic rings. The van der Waals surface area contributed by atoms with E-state index in [2.05, 4.69) is 4.98 Å². The molecule has 0 saturated heterocycles. The minimum Gasteiger partial charge on any atom is -0.424 e. The average molecular weight is 223 g/mol. The second kappa shape index (κ2) is 3.74. The summed E-state index contributed by atoms with van der Waals surface area (Å²) < 4.78 is 5.12. The van der Waals surface area contributed by atoms with E-state index >= 15 is 0 Å². The summed E-state index contributed by atoms with van der Waals surface area (Å²) in [5, 5.41) is -0.0821. The van der Waals surface area contributed by atoms with Crippen LogP contribution in [0.1, 0.15) is 10.5 Å². The zero-order chi connectivity index (χ0) is 10.8. The average Bonchev–Trinajstić information content (AvgIpc) is 2.62. The summed E-state index contributed by atoms with van der Waals surface area (Å²) in [6, 6.07) is 9.12. The molecular weight excluding hydrogens is 216 g/mol. The van der Waals surface area contributed by atoms with E-state index in [1.165, 1.54) is 0 Å². The molecule has 1 aromatic carbocycles. The number of rotatable bonds is 2. The Bertz CT molecular complexity index is 493. The predicted molar refractivity (Wildman–Crippen MR) is 55.5 cm³/mol. The van der Waals surface area contributed by atoms with Gasteiger partial charge in [-0.2, -0.15) is 0 Å². The van der Waals surface area contributed by atoms with Crippen molar-refractivity contribution in [2.75, 3.05) is 0 Å². The molecule has 1 amide bonds. The molecule has 0 unspecified atom stereocenters. The minimum absolute atomic E-state index is 0.0458. The number of nitrogens with two attached hydrogens (primary N) is 1. The highest BCUT2D eigenvalue weighted by molar-refractivity contribution is 6.31. The Morgan fingerprint density at radius 3 is 2.53 bits per heavy atom. The van der Waals surface area contributed by atoms with Gasteiger partial charge in [0.05, 0.1) is 0 Å². The lowest BCUT2D eigenvalue weighted by Crippen LogP contribution is -2.11. The second-order valence-corrected chi connectivity index (χ2v) is 3.21. The van der Waals surface area contributed by atoms with Crippen LogP contribution < -0.4 is 5.73 Å². The van der Waals surface area contributed by atoms with Gasteiger partial charge in [0.15, 0.2) is 5.69 Å². The first-order chi connectivity index (χ1) is 7.18. The number of amides is 1. The Morgan fingerprint density at radius 1 is 1.33 bits per heavy atom. The number of nitrogens with zero attached hydrogens (tertiary/aromatic N) is 1. The highest BCUT2D eigenvalue weighted by Gasteiger charge is 2.16. The monoisotopic (exact) mass is 222 g/mol. The summed E-state index contributed by atoms with van der Waals surface area (Å²) in [6.07, 6.45) is 0. The highest BCUT2D eigenvalue weighted by atomic mass is 35.5. The standard InChI is InChI=1S/C10H7ClN2O2/c11-8-7(9(12)14)13-10(15-8)6-4-2-1-3-5-6/h1-5H,(H2,12,14). The first kappa shape index (κ1) is 9.73. The molecule has 2 N–H and O–H groups in total. The van der Waals surface area contributed by atoms with Crippen LogP contribution in [0.5, 0.6) is 0 Å². The topological polar surface area (TPSA) is 69.1 Å². The summed E-state index contributed by atoms with van der Waals surface area (Å²) in [5.41, 5.74) is 5.76. The van der Waals surface area contributed by atoms with Crippen LogP contribution in [-0.2, 0) is 0 Å². The molecule has 1 heterocycles. The molecule has 15 heavy (non-hydrogen) atoms. The van der Waals surface area contributed by atoms with Crippen molar-refractivity contribution in [1.82, 2.24) is 4.98 Å². The molecule has 4 nitrogen and oxygen atoms in total. The van der Waals surface area contributed by atoms with E-state index in [4.69, 9.17) is 21.8 Å². The van der Waals surface area contributed by atoms with E-state index in [0.29, 0.717) is 0 Å². The Balaban J connectivity index is 2.48. The summed E-state index contributed by atoms with van der Waals surface area (Å²) in [6.45, 7) is 0. The zero-order valence-corrected chi connectivity index (χ0v) is 8.36. The number of hydrogen-bond acceptors (Lipinski definition) is 3. The number of benzene rings is 1. The van der Waals surface area contributed by atoms with Crippen LogP contribution in [0, 0.1) is 0 Å². The second-order valence-electron chi connectivity index (χ2n) is 2.87. The summed E-state index contributed by atoms with van der Waals surface area (Å²) in [4.78, 5) is 14.8. The van der Waals surface area contributed by atoms with Gasteiger partial charge in [0.2, 0.25) is 11.1 Å². The Kier molecular flexibility index (Phi) is 2.43. The SMILES string of the molecule is NC(=O)c1nc(-c2ccccc2)oc1Cl. The van der Waals surface area contributed by atoms with E-state index in [1.54, 1.807) is 12.1 Å². The summed E-state index contributed by atoms with van der Waals surface area (Å²) in [5.74, 6) is -0.416. The molecule has 0 atom stereocenters. The molecular formula is C10H7ClN2O2. The fourth-order valence-corrected chi connectivity index (χ4v) is 1.37. The molecule has 0 saturated carbocycles. The van der Waals surface area contributed by atoms with Crippen molar-refractivity contribution in [2.24, 2.45) is 5.73 Å². The third kappa shape index (κ3) is 1.85. The number of hydrogen-bond donors (Lipinski definition) is 1. The van der Waals surface area contributed by atoms with Crippen molar-refractivity contribution in [3.8, 4) is 11.5 Å². The van der Waals surface area contributed by atoms with Crippen molar-refractivity contribution in [3.05, 3.63) is 41.2 Å². The van der Waals surface area contributed by atoms with Gasteiger partial charge in [0.25, 0.3) is 5.91 Å². The van der Waals surface area contributed by atoms with Crippen molar-refractivity contribution < 1.29 is 9.21 Å². The third-order valence-corrected chi connectivity index (χ3v) is 2.10. The van der Waals surface area contributed by atoms with Crippen LogP contribution in [0.2, 0.25) is 5.22 Å². The van der Waals surface area contributed by atoms with Crippen molar-refractivity contribution in [3.63, 3.8) is 0 Å². The molecule has 2 aromatic rings. The van der Waals surface area contributed by atoms with E-state index < -0.39 is 5.91 Å². The van der Waals surface area contributed by atoms with Crippen LogP contribution in [-0.4, -0.2) is 10.9 Å². The molecule has 0 spiro atoms. The zero-order valence-electron chi connectivity index (χ0n) is 7.61.